The highest BCUT2D eigenvalue weighted by molar-refractivity contribution is 7.09. The van der Waals surface area contributed by atoms with Crippen LogP contribution in [0.4, 0.5) is 0 Å². The minimum Gasteiger partial charge on any atom is -0.334 e. The summed E-state index contributed by atoms with van der Waals surface area (Å²) >= 11 is 1.71. The highest BCUT2D eigenvalue weighted by atomic mass is 32.1. The Bertz CT molecular complexity index is 556. The van der Waals surface area contributed by atoms with E-state index in [9.17, 15) is 4.79 Å². The zero-order chi connectivity index (χ0) is 13.8. The smallest absolute Gasteiger partial charge is 0.223 e. The SMILES string of the molecule is O=C(CCc1cccs1)N1CCC[C@@H]1c1cnccn1. The molecule has 0 saturated carbocycles. The molecule has 3 rings (SSSR count). The molecule has 0 spiro atoms. The first kappa shape index (κ1) is 13.2. The van der Waals surface area contributed by atoms with E-state index in [2.05, 4.69) is 21.4 Å². The van der Waals surface area contributed by atoms with E-state index in [1.165, 1.54) is 4.88 Å². The standard InChI is InChI=1S/C15H17N3OS/c19-15(6-5-12-3-2-10-20-12)18-9-1-4-14(18)13-11-16-7-8-17-13/h2-3,7-8,10-11,14H,1,4-6,9H2/t14-/m1/s1. The molecule has 4 nitrogen and oxygen atoms in total. The molecule has 1 atom stereocenters. The molecule has 1 saturated heterocycles. The summed E-state index contributed by atoms with van der Waals surface area (Å²) in [6.07, 6.45) is 8.59. The predicted molar refractivity (Wildman–Crippen MR) is 78.4 cm³/mol. The van der Waals surface area contributed by atoms with Gasteiger partial charge in [-0.25, -0.2) is 0 Å². The minimum absolute atomic E-state index is 0.111. The number of carbonyl (C=O) groups excluding carboxylic acids is 1. The number of carbonyl (C=O) groups is 1. The van der Waals surface area contributed by atoms with Crippen molar-refractivity contribution in [1.82, 2.24) is 14.9 Å². The summed E-state index contributed by atoms with van der Waals surface area (Å²) in [5.41, 5.74) is 0.912. The summed E-state index contributed by atoms with van der Waals surface area (Å²) in [7, 11) is 0. The van der Waals surface area contributed by atoms with E-state index in [1.54, 1.807) is 29.9 Å². The van der Waals surface area contributed by atoms with Crippen LogP contribution in [0.3, 0.4) is 0 Å². The molecule has 1 amide bonds. The Labute approximate surface area is 122 Å². The molecule has 20 heavy (non-hydrogen) atoms. The molecular formula is C15H17N3OS. The number of amides is 1. The average molecular weight is 287 g/mol. The molecule has 1 fully saturated rings. The molecule has 3 heterocycles. The third-order valence-electron chi connectivity index (χ3n) is 3.66. The largest absolute Gasteiger partial charge is 0.334 e. The van der Waals surface area contributed by atoms with Gasteiger partial charge in [0, 0.05) is 30.2 Å². The molecule has 1 aliphatic rings. The van der Waals surface area contributed by atoms with Crippen molar-refractivity contribution >= 4 is 17.2 Å². The lowest BCUT2D eigenvalue weighted by Gasteiger charge is -2.24. The number of thiophene rings is 1. The lowest BCUT2D eigenvalue weighted by Crippen LogP contribution is -2.31. The Kier molecular flexibility index (Phi) is 4.06. The van der Waals surface area contributed by atoms with Gasteiger partial charge < -0.3 is 4.90 Å². The quantitative estimate of drug-likeness (QED) is 0.868. The van der Waals surface area contributed by atoms with Gasteiger partial charge in [-0.15, -0.1) is 11.3 Å². The van der Waals surface area contributed by atoms with Crippen LogP contribution in [0.15, 0.2) is 36.1 Å². The third-order valence-corrected chi connectivity index (χ3v) is 4.60. The van der Waals surface area contributed by atoms with Crippen molar-refractivity contribution in [2.75, 3.05) is 6.54 Å². The molecule has 1 aliphatic heterocycles. The molecule has 5 heteroatoms. The maximum absolute atomic E-state index is 12.4. The number of hydrogen-bond donors (Lipinski definition) is 0. The molecule has 0 aliphatic carbocycles. The first-order chi connectivity index (χ1) is 9.84. The minimum atomic E-state index is 0.111. The predicted octanol–water partition coefficient (Wildman–Crippen LogP) is 2.83. The van der Waals surface area contributed by atoms with Gasteiger partial charge in [0.05, 0.1) is 17.9 Å². The van der Waals surface area contributed by atoms with Crippen molar-refractivity contribution < 1.29 is 4.79 Å². The topological polar surface area (TPSA) is 46.1 Å². The van der Waals surface area contributed by atoms with E-state index < -0.39 is 0 Å². The van der Waals surface area contributed by atoms with Gasteiger partial charge in [-0.2, -0.15) is 0 Å². The second-order valence-corrected chi connectivity index (χ2v) is 5.99. The van der Waals surface area contributed by atoms with Crippen LogP contribution in [-0.2, 0) is 11.2 Å². The Morgan fingerprint density at radius 1 is 1.45 bits per heavy atom. The summed E-state index contributed by atoms with van der Waals surface area (Å²) in [4.78, 5) is 24.1. The first-order valence-corrected chi connectivity index (χ1v) is 7.80. The van der Waals surface area contributed by atoms with Gasteiger partial charge in [0.2, 0.25) is 5.91 Å². The molecule has 2 aromatic rings. The molecule has 0 unspecified atom stereocenters. The fourth-order valence-electron chi connectivity index (χ4n) is 2.68. The van der Waals surface area contributed by atoms with E-state index in [0.717, 1.165) is 31.5 Å². The summed E-state index contributed by atoms with van der Waals surface area (Å²) in [6.45, 7) is 0.838. The molecule has 104 valence electrons. The zero-order valence-electron chi connectivity index (χ0n) is 11.2. The summed E-state index contributed by atoms with van der Waals surface area (Å²) in [6, 6.07) is 4.23. The molecule has 0 radical (unpaired) electrons. The van der Waals surface area contributed by atoms with Gasteiger partial charge in [0.1, 0.15) is 0 Å². The molecule has 2 aromatic heterocycles. The van der Waals surface area contributed by atoms with Crippen molar-refractivity contribution in [3.63, 3.8) is 0 Å². The van der Waals surface area contributed by atoms with Crippen molar-refractivity contribution in [2.24, 2.45) is 0 Å². The zero-order valence-corrected chi connectivity index (χ0v) is 12.1. The van der Waals surface area contributed by atoms with Gasteiger partial charge in [-0.1, -0.05) is 6.07 Å². The Morgan fingerprint density at radius 2 is 2.40 bits per heavy atom. The van der Waals surface area contributed by atoms with E-state index in [0.29, 0.717) is 6.42 Å². The fourth-order valence-corrected chi connectivity index (χ4v) is 3.39. The molecule has 0 N–H and O–H groups in total. The molecule has 0 bridgehead atoms. The van der Waals surface area contributed by atoms with Gasteiger partial charge in [0.15, 0.2) is 0 Å². The van der Waals surface area contributed by atoms with Gasteiger partial charge in [0.25, 0.3) is 0 Å². The third kappa shape index (κ3) is 2.88. The maximum atomic E-state index is 12.4. The van der Waals surface area contributed by atoms with Crippen LogP contribution in [0.5, 0.6) is 0 Å². The van der Waals surface area contributed by atoms with Crippen LogP contribution in [-0.4, -0.2) is 27.3 Å². The van der Waals surface area contributed by atoms with Crippen molar-refractivity contribution in [3.8, 4) is 0 Å². The number of nitrogens with zero attached hydrogens (tertiary/aromatic N) is 3. The second-order valence-electron chi connectivity index (χ2n) is 4.95. The Hall–Kier alpha value is -1.75. The normalized spacial score (nSPS) is 18.4. The van der Waals surface area contributed by atoms with Gasteiger partial charge in [-0.05, 0) is 30.7 Å². The molecule has 0 aromatic carbocycles. The van der Waals surface area contributed by atoms with Crippen LogP contribution in [0.25, 0.3) is 0 Å². The maximum Gasteiger partial charge on any atom is 0.223 e. The Balaban J connectivity index is 1.64. The van der Waals surface area contributed by atoms with E-state index in [1.807, 2.05) is 11.0 Å². The number of hydrogen-bond acceptors (Lipinski definition) is 4. The molecular weight excluding hydrogens is 270 g/mol. The second kappa shape index (κ2) is 6.13. The van der Waals surface area contributed by atoms with Crippen LogP contribution in [0.1, 0.15) is 35.9 Å². The van der Waals surface area contributed by atoms with Crippen LogP contribution >= 0.6 is 11.3 Å². The number of rotatable bonds is 4. The van der Waals surface area contributed by atoms with Gasteiger partial charge in [-0.3, -0.25) is 14.8 Å². The highest BCUT2D eigenvalue weighted by Gasteiger charge is 2.30. The van der Waals surface area contributed by atoms with Crippen molar-refractivity contribution in [1.29, 1.82) is 0 Å². The van der Waals surface area contributed by atoms with Crippen molar-refractivity contribution in [2.45, 2.75) is 31.7 Å². The summed E-state index contributed by atoms with van der Waals surface area (Å²) in [5.74, 6) is 0.228. The monoisotopic (exact) mass is 287 g/mol. The number of likely N-dealkylation sites (tertiary alicyclic amines) is 1. The lowest BCUT2D eigenvalue weighted by molar-refractivity contribution is -0.132. The highest BCUT2D eigenvalue weighted by Crippen LogP contribution is 2.31. The summed E-state index contributed by atoms with van der Waals surface area (Å²) < 4.78 is 0. The van der Waals surface area contributed by atoms with Gasteiger partial charge >= 0.3 is 0 Å². The average Bonchev–Trinajstić information content (AvgIpc) is 3.17. The van der Waals surface area contributed by atoms with Crippen LogP contribution < -0.4 is 0 Å². The fraction of sp³-hybridized carbons (Fsp3) is 0.400. The van der Waals surface area contributed by atoms with E-state index >= 15 is 0 Å². The lowest BCUT2D eigenvalue weighted by atomic mass is 10.1. The Morgan fingerprint density at radius 3 is 3.15 bits per heavy atom. The van der Waals surface area contributed by atoms with Crippen LogP contribution in [0, 0.1) is 0 Å². The number of aromatic nitrogens is 2. The van der Waals surface area contributed by atoms with Crippen molar-refractivity contribution in [3.05, 3.63) is 46.7 Å². The summed E-state index contributed by atoms with van der Waals surface area (Å²) in [5, 5.41) is 2.05. The van der Waals surface area contributed by atoms with E-state index in [-0.39, 0.29) is 11.9 Å². The van der Waals surface area contributed by atoms with Crippen LogP contribution in [0.2, 0.25) is 0 Å². The first-order valence-electron chi connectivity index (χ1n) is 6.92. The van der Waals surface area contributed by atoms with E-state index in [4.69, 9.17) is 0 Å². The number of aryl methyl sites for hydroxylation is 1.